The van der Waals surface area contributed by atoms with E-state index in [4.69, 9.17) is 4.74 Å². The van der Waals surface area contributed by atoms with E-state index in [1.54, 1.807) is 37.3 Å². The zero-order chi connectivity index (χ0) is 20.5. The molecule has 0 bridgehead atoms. The number of hydrogen-bond donors (Lipinski definition) is 2. The molecule has 7 heteroatoms. The van der Waals surface area contributed by atoms with Crippen LogP contribution in [0.25, 0.3) is 0 Å². The van der Waals surface area contributed by atoms with E-state index in [1.807, 2.05) is 32.0 Å². The Bertz CT molecular complexity index is 840. The number of esters is 1. The van der Waals surface area contributed by atoms with Crippen LogP contribution in [0.2, 0.25) is 0 Å². The van der Waals surface area contributed by atoms with Crippen molar-refractivity contribution < 1.29 is 19.1 Å². The molecule has 3 amide bonds. The topological polar surface area (TPSA) is 84.5 Å². The lowest BCUT2D eigenvalue weighted by atomic mass is 10.1. The minimum absolute atomic E-state index is 0.0572. The molecule has 2 N–H and O–H groups in total. The molecule has 148 valence electrons. The van der Waals surface area contributed by atoms with Gasteiger partial charge in [0.15, 0.2) is 0 Å². The monoisotopic (exact) mass is 400 g/mol. The van der Waals surface area contributed by atoms with Crippen LogP contribution in [0, 0.1) is 13.8 Å². The predicted molar refractivity (Wildman–Crippen MR) is 109 cm³/mol. The first kappa shape index (κ1) is 21.5. The predicted octanol–water partition coefficient (Wildman–Crippen LogP) is 3.53. The van der Waals surface area contributed by atoms with Crippen LogP contribution in [0.4, 0.5) is 4.79 Å². The van der Waals surface area contributed by atoms with Gasteiger partial charge in [0.1, 0.15) is 0 Å². The van der Waals surface area contributed by atoms with E-state index >= 15 is 0 Å². The van der Waals surface area contributed by atoms with Gasteiger partial charge in [-0.1, -0.05) is 48.0 Å². The molecule has 0 heterocycles. The summed E-state index contributed by atoms with van der Waals surface area (Å²) in [5.74, 6) is -1.17. The number of carbonyl (C=O) groups excluding carboxylic acids is 3. The Labute approximate surface area is 169 Å². The Kier molecular flexibility index (Phi) is 8.07. The summed E-state index contributed by atoms with van der Waals surface area (Å²) in [7, 11) is 0. The first-order chi connectivity index (χ1) is 13.4. The van der Waals surface area contributed by atoms with Crippen LogP contribution in [0.1, 0.15) is 29.7 Å². The number of urea groups is 1. The largest absolute Gasteiger partial charge is 0.447 e. The van der Waals surface area contributed by atoms with Gasteiger partial charge in [-0.2, -0.15) is 0 Å². The minimum atomic E-state index is -1.20. The number of rotatable bonds is 7. The third-order valence-electron chi connectivity index (χ3n) is 3.84. The number of carbonyl (C=O) groups is 3. The Morgan fingerprint density at radius 1 is 1.07 bits per heavy atom. The Balaban J connectivity index is 2.05. The average molecular weight is 401 g/mol. The number of ether oxygens (including phenoxy) is 1. The van der Waals surface area contributed by atoms with E-state index in [0.29, 0.717) is 12.1 Å². The molecule has 0 aliphatic carbocycles. The van der Waals surface area contributed by atoms with E-state index < -0.39 is 24.0 Å². The summed E-state index contributed by atoms with van der Waals surface area (Å²) in [5.41, 5.74) is 2.72. The first-order valence-electron chi connectivity index (χ1n) is 8.94. The van der Waals surface area contributed by atoms with E-state index in [-0.39, 0.29) is 5.75 Å². The first-order valence-corrected chi connectivity index (χ1v) is 9.92. The molecule has 0 aliphatic rings. The Hall–Kier alpha value is -2.80. The lowest BCUT2D eigenvalue weighted by molar-refractivity contribution is -0.153. The summed E-state index contributed by atoms with van der Waals surface area (Å²) in [5, 5.41) is 4.68. The van der Waals surface area contributed by atoms with Crippen LogP contribution in [0.15, 0.2) is 53.4 Å². The van der Waals surface area contributed by atoms with Gasteiger partial charge in [-0.05, 0) is 32.4 Å². The van der Waals surface area contributed by atoms with E-state index in [1.165, 1.54) is 11.8 Å². The second-order valence-corrected chi connectivity index (χ2v) is 7.20. The van der Waals surface area contributed by atoms with Crippen LogP contribution in [0.3, 0.4) is 0 Å². The maximum absolute atomic E-state index is 12.5. The van der Waals surface area contributed by atoms with Gasteiger partial charge in [0, 0.05) is 17.0 Å². The minimum Gasteiger partial charge on any atom is -0.447 e. The molecule has 0 saturated heterocycles. The number of imide groups is 1. The van der Waals surface area contributed by atoms with Crippen molar-refractivity contribution in [2.45, 2.75) is 31.8 Å². The van der Waals surface area contributed by atoms with Gasteiger partial charge in [0.05, 0.1) is 5.75 Å². The van der Waals surface area contributed by atoms with Gasteiger partial charge >= 0.3 is 12.0 Å². The van der Waals surface area contributed by atoms with Crippen LogP contribution in [0.5, 0.6) is 0 Å². The van der Waals surface area contributed by atoms with E-state index in [0.717, 1.165) is 16.0 Å². The third kappa shape index (κ3) is 6.42. The summed E-state index contributed by atoms with van der Waals surface area (Å²) in [4.78, 5) is 37.5. The zero-order valence-electron chi connectivity index (χ0n) is 16.2. The molecule has 2 rings (SSSR count). The highest BCUT2D eigenvalue weighted by molar-refractivity contribution is 8.00. The van der Waals surface area contributed by atoms with Gasteiger partial charge < -0.3 is 10.1 Å². The lowest BCUT2D eigenvalue weighted by Gasteiger charge is -2.18. The zero-order valence-corrected chi connectivity index (χ0v) is 17.0. The molecule has 2 aromatic rings. The fourth-order valence-electron chi connectivity index (χ4n) is 2.55. The van der Waals surface area contributed by atoms with Crippen molar-refractivity contribution in [2.24, 2.45) is 0 Å². The van der Waals surface area contributed by atoms with Gasteiger partial charge in [0.25, 0.3) is 5.91 Å². The van der Waals surface area contributed by atoms with Gasteiger partial charge in [-0.15, -0.1) is 11.8 Å². The van der Waals surface area contributed by atoms with Crippen molar-refractivity contribution in [1.29, 1.82) is 0 Å². The van der Waals surface area contributed by atoms with Gasteiger partial charge in [-0.25, -0.2) is 4.79 Å². The van der Waals surface area contributed by atoms with Gasteiger partial charge in [-0.3, -0.25) is 14.9 Å². The standard InChI is InChI=1S/C21H24N2O4S/c1-4-22-21(26)23-20(25)19(16-8-6-5-7-9-16)27-18(24)13-28-17-11-10-14(2)12-15(17)3/h5-12,19H,4,13H2,1-3H3,(H2,22,23,25,26)/t19-/m0/s1. The number of aryl methyl sites for hydroxylation is 2. The van der Waals surface area contributed by atoms with Crippen molar-refractivity contribution in [2.75, 3.05) is 12.3 Å². The second kappa shape index (κ2) is 10.5. The van der Waals surface area contributed by atoms with Crippen molar-refractivity contribution in [1.82, 2.24) is 10.6 Å². The van der Waals surface area contributed by atoms with Crippen LogP contribution in [-0.2, 0) is 14.3 Å². The molecule has 0 fully saturated rings. The molecule has 28 heavy (non-hydrogen) atoms. The maximum atomic E-state index is 12.5. The molecule has 2 aromatic carbocycles. The van der Waals surface area contributed by atoms with Crippen molar-refractivity contribution >= 4 is 29.7 Å². The molecule has 0 radical (unpaired) electrons. The average Bonchev–Trinajstić information content (AvgIpc) is 2.66. The normalized spacial score (nSPS) is 11.4. The summed E-state index contributed by atoms with van der Waals surface area (Å²) in [6, 6.07) is 14.0. The highest BCUT2D eigenvalue weighted by Gasteiger charge is 2.26. The number of thioether (sulfide) groups is 1. The summed E-state index contributed by atoms with van der Waals surface area (Å²) < 4.78 is 5.41. The smallest absolute Gasteiger partial charge is 0.321 e. The summed E-state index contributed by atoms with van der Waals surface area (Å²) in [6.45, 7) is 6.10. The second-order valence-electron chi connectivity index (χ2n) is 6.19. The van der Waals surface area contributed by atoms with E-state index in [2.05, 4.69) is 10.6 Å². The number of amides is 3. The molecule has 0 spiro atoms. The molecular weight excluding hydrogens is 376 g/mol. The van der Waals surface area contributed by atoms with Crippen molar-refractivity contribution in [3.63, 3.8) is 0 Å². The quantitative estimate of drug-likeness (QED) is 0.549. The van der Waals surface area contributed by atoms with Crippen molar-refractivity contribution in [3.8, 4) is 0 Å². The molecule has 0 aromatic heterocycles. The fraction of sp³-hybridized carbons (Fsp3) is 0.286. The SMILES string of the molecule is CCNC(=O)NC(=O)[C@@H](OC(=O)CSc1ccc(C)cc1C)c1ccccc1. The Morgan fingerprint density at radius 3 is 2.43 bits per heavy atom. The molecule has 0 saturated carbocycles. The highest BCUT2D eigenvalue weighted by atomic mass is 32.2. The third-order valence-corrected chi connectivity index (χ3v) is 4.99. The van der Waals surface area contributed by atoms with Gasteiger partial charge in [0.2, 0.25) is 6.10 Å². The van der Waals surface area contributed by atoms with E-state index in [9.17, 15) is 14.4 Å². The summed E-state index contributed by atoms with van der Waals surface area (Å²) in [6.07, 6.45) is -1.20. The molecule has 6 nitrogen and oxygen atoms in total. The number of nitrogens with one attached hydrogen (secondary N) is 2. The molecule has 1 atom stereocenters. The number of benzene rings is 2. The fourth-order valence-corrected chi connectivity index (χ4v) is 3.34. The Morgan fingerprint density at radius 2 is 1.79 bits per heavy atom. The highest BCUT2D eigenvalue weighted by Crippen LogP contribution is 2.25. The molecule has 0 aliphatic heterocycles. The number of hydrogen-bond acceptors (Lipinski definition) is 5. The molecular formula is C21H24N2O4S. The maximum Gasteiger partial charge on any atom is 0.321 e. The van der Waals surface area contributed by atoms with Crippen LogP contribution >= 0.6 is 11.8 Å². The lowest BCUT2D eigenvalue weighted by Crippen LogP contribution is -2.42. The molecule has 0 unspecified atom stereocenters. The summed E-state index contributed by atoms with van der Waals surface area (Å²) >= 11 is 1.35. The van der Waals surface area contributed by atoms with Crippen LogP contribution < -0.4 is 10.6 Å². The van der Waals surface area contributed by atoms with Crippen LogP contribution in [-0.4, -0.2) is 30.2 Å². The van der Waals surface area contributed by atoms with Crippen molar-refractivity contribution in [3.05, 3.63) is 65.2 Å².